The molecule has 0 spiro atoms. The molecule has 3 aromatic heterocycles. The molecule has 3 heterocycles. The van der Waals surface area contributed by atoms with E-state index in [-0.39, 0.29) is 5.91 Å². The molecule has 6 nitrogen and oxygen atoms in total. The molecule has 0 bridgehead atoms. The lowest BCUT2D eigenvalue weighted by atomic mass is 10.2. The fourth-order valence-corrected chi connectivity index (χ4v) is 3.34. The summed E-state index contributed by atoms with van der Waals surface area (Å²) in [4.78, 5) is 22.3. The van der Waals surface area contributed by atoms with Crippen LogP contribution in [0.5, 0.6) is 0 Å². The third-order valence-electron chi connectivity index (χ3n) is 3.60. The summed E-state index contributed by atoms with van der Waals surface area (Å²) in [6.07, 6.45) is 5.03. The number of nitrogens with zero attached hydrogens (tertiary/aromatic N) is 4. The zero-order chi connectivity index (χ0) is 17.4. The molecular weight excluding hydrogens is 358 g/mol. The molecular formula is C17H12ClN5OS. The lowest BCUT2D eigenvalue weighted by Crippen LogP contribution is -2.13. The number of carbonyl (C=O) groups is 1. The maximum absolute atomic E-state index is 12.6. The van der Waals surface area contributed by atoms with Crippen molar-refractivity contribution in [3.63, 3.8) is 0 Å². The highest BCUT2D eigenvalue weighted by Gasteiger charge is 2.16. The third kappa shape index (κ3) is 2.99. The minimum absolute atomic E-state index is 0.280. The number of nitrogens with one attached hydrogen (secondary N) is 1. The van der Waals surface area contributed by atoms with Crippen LogP contribution in [0.2, 0.25) is 5.02 Å². The zero-order valence-corrected chi connectivity index (χ0v) is 14.7. The fraction of sp³-hybridized carbons (Fsp3) is 0.0588. The fourth-order valence-electron chi connectivity index (χ4n) is 2.45. The van der Waals surface area contributed by atoms with Gasteiger partial charge in [-0.05, 0) is 19.1 Å². The number of hydrogen-bond donors (Lipinski definition) is 1. The molecule has 0 radical (unpaired) electrons. The van der Waals surface area contributed by atoms with Crippen LogP contribution in [0.3, 0.4) is 0 Å². The molecule has 0 fully saturated rings. The Morgan fingerprint density at radius 2 is 2.12 bits per heavy atom. The van der Waals surface area contributed by atoms with Crippen LogP contribution in [0, 0.1) is 6.92 Å². The number of aromatic nitrogens is 4. The molecule has 0 aliphatic rings. The van der Waals surface area contributed by atoms with Crippen molar-refractivity contribution in [2.45, 2.75) is 6.92 Å². The summed E-state index contributed by atoms with van der Waals surface area (Å²) < 4.78 is 1.57. The van der Waals surface area contributed by atoms with Gasteiger partial charge in [0.15, 0.2) is 10.8 Å². The van der Waals surface area contributed by atoms with Crippen LogP contribution in [-0.2, 0) is 0 Å². The smallest absolute Gasteiger partial charge is 0.261 e. The minimum Gasteiger partial charge on any atom is -0.298 e. The second-order valence-corrected chi connectivity index (χ2v) is 6.99. The van der Waals surface area contributed by atoms with Crippen LogP contribution >= 0.6 is 22.9 Å². The Balaban J connectivity index is 1.75. The Hall–Kier alpha value is -2.77. The number of rotatable bonds is 3. The van der Waals surface area contributed by atoms with Gasteiger partial charge in [0.05, 0.1) is 22.5 Å². The Kier molecular flexibility index (Phi) is 3.95. The number of carbonyl (C=O) groups excluding carboxylic acids is 1. The first-order valence-corrected chi connectivity index (χ1v) is 8.64. The van der Waals surface area contributed by atoms with E-state index in [0.717, 1.165) is 10.4 Å². The second kappa shape index (κ2) is 6.27. The number of anilines is 1. The van der Waals surface area contributed by atoms with E-state index in [1.165, 1.54) is 11.3 Å². The SMILES string of the molecule is Cc1cnc(NC(=O)c2ccnn3cc(-c4ccccc4Cl)nc23)s1. The van der Waals surface area contributed by atoms with Crippen LogP contribution in [0.25, 0.3) is 16.9 Å². The first kappa shape index (κ1) is 15.7. The first-order valence-electron chi connectivity index (χ1n) is 7.45. The number of hydrogen-bond acceptors (Lipinski definition) is 5. The maximum atomic E-state index is 12.6. The summed E-state index contributed by atoms with van der Waals surface area (Å²) >= 11 is 7.66. The Morgan fingerprint density at radius 3 is 2.88 bits per heavy atom. The lowest BCUT2D eigenvalue weighted by Gasteiger charge is -2.02. The largest absolute Gasteiger partial charge is 0.298 e. The monoisotopic (exact) mass is 369 g/mol. The van der Waals surface area contributed by atoms with Gasteiger partial charge in [-0.25, -0.2) is 14.5 Å². The van der Waals surface area contributed by atoms with Crippen molar-refractivity contribution in [2.75, 3.05) is 5.32 Å². The molecule has 0 aliphatic carbocycles. The summed E-state index contributed by atoms with van der Waals surface area (Å²) in [5.41, 5.74) is 2.32. The number of imidazole rings is 1. The van der Waals surface area contributed by atoms with Crippen LogP contribution in [-0.4, -0.2) is 25.5 Å². The predicted molar refractivity (Wildman–Crippen MR) is 98.2 cm³/mol. The van der Waals surface area contributed by atoms with E-state index in [9.17, 15) is 4.79 Å². The molecule has 1 amide bonds. The normalized spacial score (nSPS) is 11.0. The highest BCUT2D eigenvalue weighted by atomic mass is 35.5. The van der Waals surface area contributed by atoms with Crippen molar-refractivity contribution in [1.29, 1.82) is 0 Å². The van der Waals surface area contributed by atoms with Crippen molar-refractivity contribution in [3.05, 3.63) is 64.4 Å². The molecule has 4 rings (SSSR count). The van der Waals surface area contributed by atoms with E-state index in [2.05, 4.69) is 20.4 Å². The molecule has 1 aromatic carbocycles. The predicted octanol–water partition coefficient (Wildman–Crippen LogP) is 4.07. The number of thiazole rings is 1. The number of aryl methyl sites for hydroxylation is 1. The molecule has 4 aromatic rings. The van der Waals surface area contributed by atoms with Gasteiger partial charge in [0.1, 0.15) is 0 Å². The summed E-state index contributed by atoms with van der Waals surface area (Å²) in [5, 5.41) is 8.17. The Bertz CT molecular complexity index is 1090. The molecule has 0 aliphatic heterocycles. The van der Waals surface area contributed by atoms with E-state index in [0.29, 0.717) is 27.1 Å². The van der Waals surface area contributed by atoms with Crippen molar-refractivity contribution in [1.82, 2.24) is 19.6 Å². The van der Waals surface area contributed by atoms with Gasteiger partial charge in [-0.1, -0.05) is 29.8 Å². The van der Waals surface area contributed by atoms with Crippen LogP contribution in [0.1, 0.15) is 15.2 Å². The number of amides is 1. The minimum atomic E-state index is -0.280. The molecule has 0 unspecified atom stereocenters. The van der Waals surface area contributed by atoms with Crippen molar-refractivity contribution in [3.8, 4) is 11.3 Å². The average molecular weight is 370 g/mol. The summed E-state index contributed by atoms with van der Waals surface area (Å²) in [6.45, 7) is 1.93. The Labute approximate surface area is 152 Å². The third-order valence-corrected chi connectivity index (χ3v) is 4.76. The van der Waals surface area contributed by atoms with Crippen molar-refractivity contribution in [2.24, 2.45) is 0 Å². The number of benzene rings is 1. The number of halogens is 1. The van der Waals surface area contributed by atoms with E-state index in [1.807, 2.05) is 25.1 Å². The van der Waals surface area contributed by atoms with E-state index < -0.39 is 0 Å². The Morgan fingerprint density at radius 1 is 1.28 bits per heavy atom. The van der Waals surface area contributed by atoms with Gasteiger partial charge in [0.2, 0.25) is 0 Å². The standard InChI is InChI=1S/C17H12ClN5OS/c1-10-8-19-17(25-10)22-16(24)12-6-7-20-23-9-14(21-15(12)23)11-4-2-3-5-13(11)18/h2-9H,1H3,(H,19,22,24). The molecule has 0 saturated carbocycles. The van der Waals surface area contributed by atoms with Gasteiger partial charge >= 0.3 is 0 Å². The highest BCUT2D eigenvalue weighted by molar-refractivity contribution is 7.15. The van der Waals surface area contributed by atoms with Gasteiger partial charge in [-0.15, -0.1) is 11.3 Å². The van der Waals surface area contributed by atoms with E-state index in [1.54, 1.807) is 35.2 Å². The van der Waals surface area contributed by atoms with E-state index in [4.69, 9.17) is 11.6 Å². The van der Waals surface area contributed by atoms with Gasteiger partial charge in [-0.3, -0.25) is 10.1 Å². The average Bonchev–Trinajstić information content (AvgIpc) is 3.20. The topological polar surface area (TPSA) is 72.2 Å². The van der Waals surface area contributed by atoms with Crippen LogP contribution in [0.15, 0.2) is 48.9 Å². The maximum Gasteiger partial charge on any atom is 0.261 e. The summed E-state index contributed by atoms with van der Waals surface area (Å²) in [7, 11) is 0. The summed E-state index contributed by atoms with van der Waals surface area (Å²) in [6, 6.07) is 9.05. The lowest BCUT2D eigenvalue weighted by molar-refractivity contribution is 0.102. The molecule has 25 heavy (non-hydrogen) atoms. The van der Waals surface area contributed by atoms with Gasteiger partial charge in [0, 0.05) is 22.8 Å². The quantitative estimate of drug-likeness (QED) is 0.591. The number of fused-ring (bicyclic) bond motifs is 1. The van der Waals surface area contributed by atoms with Gasteiger partial charge in [-0.2, -0.15) is 5.10 Å². The second-order valence-electron chi connectivity index (χ2n) is 5.35. The van der Waals surface area contributed by atoms with Crippen molar-refractivity contribution < 1.29 is 4.79 Å². The van der Waals surface area contributed by atoms with Crippen molar-refractivity contribution >= 4 is 39.6 Å². The zero-order valence-electron chi connectivity index (χ0n) is 13.1. The van der Waals surface area contributed by atoms with E-state index >= 15 is 0 Å². The molecule has 0 saturated heterocycles. The molecule has 124 valence electrons. The first-order chi connectivity index (χ1) is 12.1. The van der Waals surface area contributed by atoms with Gasteiger partial charge in [0.25, 0.3) is 5.91 Å². The molecule has 1 N–H and O–H groups in total. The van der Waals surface area contributed by atoms with Crippen LogP contribution in [0.4, 0.5) is 5.13 Å². The molecule has 8 heteroatoms. The highest BCUT2D eigenvalue weighted by Crippen LogP contribution is 2.27. The molecule has 0 atom stereocenters. The summed E-state index contributed by atoms with van der Waals surface area (Å²) in [5.74, 6) is -0.280. The van der Waals surface area contributed by atoms with Gasteiger partial charge < -0.3 is 0 Å². The van der Waals surface area contributed by atoms with Crippen LogP contribution < -0.4 is 5.32 Å².